The number of hydrogen-bond acceptors (Lipinski definition) is 8. The minimum absolute atomic E-state index is 0.0482. The van der Waals surface area contributed by atoms with Crippen molar-refractivity contribution in [2.45, 2.75) is 44.3 Å². The molecule has 0 unspecified atom stereocenters. The highest BCUT2D eigenvalue weighted by molar-refractivity contribution is 5.94. The van der Waals surface area contributed by atoms with Gasteiger partial charge in [-0.25, -0.2) is 19.7 Å². The molecular formula is C36H35N11O. The third-order valence-electron chi connectivity index (χ3n) is 8.82. The van der Waals surface area contributed by atoms with Gasteiger partial charge in [0.25, 0.3) is 0 Å². The number of rotatable bonds is 8. The number of nitrogens with one attached hydrogen (secondary N) is 2. The van der Waals surface area contributed by atoms with Crippen molar-refractivity contribution in [2.24, 2.45) is 14.1 Å². The predicted molar refractivity (Wildman–Crippen MR) is 184 cm³/mol. The fraction of sp³-hybridized carbons (Fsp3) is 0.250. The van der Waals surface area contributed by atoms with E-state index in [1.807, 2.05) is 87.0 Å². The molecule has 0 spiro atoms. The van der Waals surface area contributed by atoms with Crippen molar-refractivity contribution in [3.8, 4) is 28.6 Å². The Morgan fingerprint density at radius 1 is 0.917 bits per heavy atom. The summed E-state index contributed by atoms with van der Waals surface area (Å²) in [7, 11) is 3.76. The summed E-state index contributed by atoms with van der Waals surface area (Å²) in [5.41, 5.74) is 5.41. The normalized spacial score (nSPS) is 15.9. The molecule has 0 bridgehead atoms. The lowest BCUT2D eigenvalue weighted by Crippen LogP contribution is -2.49. The zero-order valence-corrected chi connectivity index (χ0v) is 26.8. The van der Waals surface area contributed by atoms with E-state index in [9.17, 15) is 10.1 Å². The smallest absolute Gasteiger partial charge is 0.323 e. The molecule has 240 valence electrons. The van der Waals surface area contributed by atoms with Gasteiger partial charge in [-0.15, -0.1) is 0 Å². The highest BCUT2D eigenvalue weighted by atomic mass is 16.2. The van der Waals surface area contributed by atoms with Crippen LogP contribution in [0.15, 0.2) is 91.5 Å². The summed E-state index contributed by atoms with van der Waals surface area (Å²) in [6, 6.07) is 23.7. The van der Waals surface area contributed by atoms with E-state index in [1.54, 1.807) is 32.9 Å². The van der Waals surface area contributed by atoms with Crippen LogP contribution in [0.5, 0.6) is 0 Å². The molecule has 1 aliphatic rings. The first-order chi connectivity index (χ1) is 23.5. The van der Waals surface area contributed by atoms with Gasteiger partial charge in [0.1, 0.15) is 23.3 Å². The first kappa shape index (κ1) is 30.6. The number of para-hydroxylation sites is 1. The molecule has 2 aromatic carbocycles. The van der Waals surface area contributed by atoms with Gasteiger partial charge in [0.05, 0.1) is 23.5 Å². The number of hydrogen-bond donors (Lipinski definition) is 2. The maximum absolute atomic E-state index is 13.8. The monoisotopic (exact) mass is 637 g/mol. The molecule has 48 heavy (non-hydrogen) atoms. The minimum atomic E-state index is -0.181. The quantitative estimate of drug-likeness (QED) is 0.212. The Kier molecular flexibility index (Phi) is 8.49. The summed E-state index contributed by atoms with van der Waals surface area (Å²) in [6.45, 7) is 0.421. The molecule has 6 aromatic rings. The molecule has 4 aromatic heterocycles. The molecule has 0 aliphatic heterocycles. The third kappa shape index (κ3) is 6.30. The summed E-state index contributed by atoms with van der Waals surface area (Å²) >= 11 is 0. The first-order valence-electron chi connectivity index (χ1n) is 16.0. The summed E-state index contributed by atoms with van der Waals surface area (Å²) in [6.07, 6.45) is 10.2. The number of urea groups is 1. The molecule has 0 radical (unpaired) electrons. The molecule has 2 amide bonds. The maximum atomic E-state index is 13.8. The fourth-order valence-electron chi connectivity index (χ4n) is 6.35. The van der Waals surface area contributed by atoms with E-state index in [0.717, 1.165) is 53.3 Å². The number of nitrogens with zero attached hydrogens (tertiary/aromatic N) is 9. The van der Waals surface area contributed by atoms with E-state index in [2.05, 4.69) is 31.9 Å². The van der Waals surface area contributed by atoms with Gasteiger partial charge in [0.2, 0.25) is 5.95 Å². The highest BCUT2D eigenvalue weighted by Gasteiger charge is 2.31. The number of pyridine rings is 1. The van der Waals surface area contributed by atoms with Gasteiger partial charge in [-0.2, -0.15) is 15.5 Å². The van der Waals surface area contributed by atoms with Crippen LogP contribution in [0.3, 0.4) is 0 Å². The van der Waals surface area contributed by atoms with Crippen LogP contribution in [-0.2, 0) is 20.6 Å². The molecule has 1 fully saturated rings. The van der Waals surface area contributed by atoms with E-state index in [1.165, 1.54) is 0 Å². The Morgan fingerprint density at radius 3 is 2.44 bits per heavy atom. The number of aromatic nitrogens is 7. The average Bonchev–Trinajstić information content (AvgIpc) is 3.71. The number of amides is 2. The van der Waals surface area contributed by atoms with Gasteiger partial charge < -0.3 is 10.6 Å². The summed E-state index contributed by atoms with van der Waals surface area (Å²) in [4.78, 5) is 29.5. The van der Waals surface area contributed by atoms with Crippen molar-refractivity contribution in [1.82, 2.24) is 39.8 Å². The van der Waals surface area contributed by atoms with Gasteiger partial charge in [0.15, 0.2) is 0 Å². The van der Waals surface area contributed by atoms with Gasteiger partial charge in [-0.1, -0.05) is 48.5 Å². The van der Waals surface area contributed by atoms with E-state index in [-0.39, 0.29) is 18.1 Å². The number of nitriles is 1. The van der Waals surface area contributed by atoms with Crippen molar-refractivity contribution in [3.63, 3.8) is 0 Å². The Labute approximate surface area is 278 Å². The second-order valence-electron chi connectivity index (χ2n) is 12.0. The molecule has 1 aliphatic carbocycles. The number of carbonyl (C=O) groups excluding carboxylic acids is 1. The van der Waals surface area contributed by atoms with E-state index in [4.69, 9.17) is 9.97 Å². The Balaban J connectivity index is 1.08. The Morgan fingerprint density at radius 2 is 1.71 bits per heavy atom. The van der Waals surface area contributed by atoms with Crippen LogP contribution in [-0.4, -0.2) is 52.6 Å². The molecule has 0 saturated heterocycles. The second kappa shape index (κ2) is 13.3. The van der Waals surface area contributed by atoms with Crippen LogP contribution < -0.4 is 15.5 Å². The zero-order chi connectivity index (χ0) is 33.0. The Hall–Kier alpha value is -6.09. The van der Waals surface area contributed by atoms with Crippen molar-refractivity contribution in [3.05, 3.63) is 103 Å². The summed E-state index contributed by atoms with van der Waals surface area (Å²) in [5, 5.41) is 26.3. The van der Waals surface area contributed by atoms with Crippen LogP contribution in [0.1, 0.15) is 36.8 Å². The molecule has 1 saturated carbocycles. The summed E-state index contributed by atoms with van der Waals surface area (Å²) < 4.78 is 3.55. The number of aryl methyl sites for hydroxylation is 2. The lowest BCUT2D eigenvalue weighted by Gasteiger charge is -2.36. The lowest BCUT2D eigenvalue weighted by atomic mass is 9.90. The third-order valence-corrected chi connectivity index (χ3v) is 8.82. The molecule has 2 N–H and O–H groups in total. The number of benzene rings is 2. The van der Waals surface area contributed by atoms with Crippen LogP contribution in [0.2, 0.25) is 0 Å². The van der Waals surface area contributed by atoms with Gasteiger partial charge >= 0.3 is 6.03 Å². The second-order valence-corrected chi connectivity index (χ2v) is 12.0. The first-order valence-corrected chi connectivity index (χ1v) is 16.0. The standard InChI is InChI=1S/C36H35N11O/c1-45-23-27(22-41-45)25-12-17-32(38-20-25)47(36(48)40-19-24-8-4-3-5-9-24)29-15-13-28(14-16-29)42-35-39-21-26(18-37)33(43-35)34-30-10-6-7-11-31(30)46(2)44-34/h3-12,17,20-23,28-29H,13-16,19H2,1-2H3,(H,40,48)(H,39,42,43)/t28-,29-. The van der Waals surface area contributed by atoms with E-state index in [0.29, 0.717) is 35.3 Å². The maximum Gasteiger partial charge on any atom is 0.323 e. The summed E-state index contributed by atoms with van der Waals surface area (Å²) in [5.74, 6) is 1.06. The molecule has 4 heterocycles. The van der Waals surface area contributed by atoms with Crippen LogP contribution in [0.25, 0.3) is 33.4 Å². The van der Waals surface area contributed by atoms with Crippen molar-refractivity contribution in [2.75, 3.05) is 10.2 Å². The fourth-order valence-corrected chi connectivity index (χ4v) is 6.35. The predicted octanol–water partition coefficient (Wildman–Crippen LogP) is 5.84. The largest absolute Gasteiger partial charge is 0.351 e. The lowest BCUT2D eigenvalue weighted by molar-refractivity contribution is 0.240. The number of anilines is 2. The topological polar surface area (TPSA) is 142 Å². The minimum Gasteiger partial charge on any atom is -0.351 e. The molecular weight excluding hydrogens is 602 g/mol. The molecule has 12 heteroatoms. The van der Waals surface area contributed by atoms with E-state index >= 15 is 0 Å². The zero-order valence-electron chi connectivity index (χ0n) is 26.8. The number of carbonyl (C=O) groups is 1. The van der Waals surface area contributed by atoms with E-state index < -0.39 is 0 Å². The van der Waals surface area contributed by atoms with Crippen LogP contribution in [0, 0.1) is 11.3 Å². The molecule has 7 rings (SSSR count). The van der Waals surface area contributed by atoms with Crippen molar-refractivity contribution < 1.29 is 4.79 Å². The van der Waals surface area contributed by atoms with Crippen molar-refractivity contribution >= 4 is 28.7 Å². The highest BCUT2D eigenvalue weighted by Crippen LogP contribution is 2.32. The SMILES string of the molecule is Cn1cc(-c2ccc(N(C(=O)NCc3ccccc3)[C@H]3CC[C@H](Nc4ncc(C#N)c(-c5nn(C)c6ccccc56)n4)CC3)nc2)cn1. The average molecular weight is 638 g/mol. The van der Waals surface area contributed by atoms with Crippen LogP contribution in [0.4, 0.5) is 16.6 Å². The molecule has 12 nitrogen and oxygen atoms in total. The molecule has 0 atom stereocenters. The van der Waals surface area contributed by atoms with Gasteiger partial charge in [0, 0.05) is 61.6 Å². The van der Waals surface area contributed by atoms with Gasteiger partial charge in [-0.3, -0.25) is 14.3 Å². The van der Waals surface area contributed by atoms with Crippen molar-refractivity contribution in [1.29, 1.82) is 5.26 Å². The Bertz CT molecular complexity index is 2090. The van der Waals surface area contributed by atoms with Gasteiger partial charge in [-0.05, 0) is 49.4 Å². The van der Waals surface area contributed by atoms with Crippen LogP contribution >= 0.6 is 0 Å². The number of fused-ring (bicyclic) bond motifs is 1.